The van der Waals surface area contributed by atoms with E-state index in [0.717, 1.165) is 12.5 Å². The zero-order valence-corrected chi connectivity index (χ0v) is 14.5. The van der Waals surface area contributed by atoms with Gasteiger partial charge in [-0.1, -0.05) is 26.8 Å². The first-order valence-corrected chi connectivity index (χ1v) is 8.32. The van der Waals surface area contributed by atoms with Gasteiger partial charge in [0.1, 0.15) is 0 Å². The van der Waals surface area contributed by atoms with Gasteiger partial charge in [0.05, 0.1) is 11.7 Å². The summed E-state index contributed by atoms with van der Waals surface area (Å²) in [6.07, 6.45) is -3.43. The molecule has 1 aliphatic heterocycles. The molecular weight excluding hydrogens is 317 g/mol. The standard InChI is InChI=1S/C18H27F3N2O/c1-17(2,3)16(24)8-12-7-14(22)11-23(10-12)15-6-4-5-13(9-15)18(19,20)21/h4-6,9,12,14,16,24H,7-8,10-11,22H2,1-3H3. The van der Waals surface area contributed by atoms with Gasteiger partial charge in [0.15, 0.2) is 0 Å². The topological polar surface area (TPSA) is 49.5 Å². The Morgan fingerprint density at radius 1 is 1.25 bits per heavy atom. The molecule has 1 heterocycles. The fourth-order valence-corrected chi connectivity index (χ4v) is 3.18. The summed E-state index contributed by atoms with van der Waals surface area (Å²) in [6, 6.07) is 5.26. The molecule has 1 aliphatic rings. The lowest BCUT2D eigenvalue weighted by molar-refractivity contribution is -0.137. The van der Waals surface area contributed by atoms with Crippen molar-refractivity contribution in [1.82, 2.24) is 0 Å². The Labute approximate surface area is 141 Å². The molecule has 0 radical (unpaired) electrons. The van der Waals surface area contributed by atoms with Gasteiger partial charge in [-0.2, -0.15) is 13.2 Å². The molecule has 1 aromatic carbocycles. The van der Waals surface area contributed by atoms with Gasteiger partial charge < -0.3 is 15.7 Å². The first-order chi connectivity index (χ1) is 11.0. The van der Waals surface area contributed by atoms with Crippen LogP contribution in [0.2, 0.25) is 0 Å². The zero-order chi connectivity index (χ0) is 18.1. The van der Waals surface area contributed by atoms with Crippen molar-refractivity contribution < 1.29 is 18.3 Å². The van der Waals surface area contributed by atoms with Gasteiger partial charge in [-0.3, -0.25) is 0 Å². The van der Waals surface area contributed by atoms with Crippen LogP contribution in [-0.4, -0.2) is 30.3 Å². The van der Waals surface area contributed by atoms with Crippen molar-refractivity contribution >= 4 is 5.69 Å². The number of alkyl halides is 3. The highest BCUT2D eigenvalue weighted by molar-refractivity contribution is 5.50. The SMILES string of the molecule is CC(C)(C)C(O)CC1CC(N)CN(c2cccc(C(F)(F)F)c2)C1. The van der Waals surface area contributed by atoms with Gasteiger partial charge in [-0.15, -0.1) is 0 Å². The molecule has 0 saturated carbocycles. The Morgan fingerprint density at radius 2 is 1.92 bits per heavy atom. The zero-order valence-electron chi connectivity index (χ0n) is 14.5. The second-order valence-electron chi connectivity index (χ2n) is 7.93. The van der Waals surface area contributed by atoms with Crippen molar-refractivity contribution in [3.8, 4) is 0 Å². The third-order valence-electron chi connectivity index (χ3n) is 4.66. The van der Waals surface area contributed by atoms with Crippen LogP contribution in [-0.2, 0) is 6.18 Å². The van der Waals surface area contributed by atoms with E-state index in [4.69, 9.17) is 5.73 Å². The third kappa shape index (κ3) is 4.86. The van der Waals surface area contributed by atoms with E-state index in [-0.39, 0.29) is 17.4 Å². The molecule has 1 saturated heterocycles. The second-order valence-corrected chi connectivity index (χ2v) is 7.93. The summed E-state index contributed by atoms with van der Waals surface area (Å²) < 4.78 is 38.7. The first kappa shape index (κ1) is 19.1. The monoisotopic (exact) mass is 344 g/mol. The predicted molar refractivity (Wildman–Crippen MR) is 89.8 cm³/mol. The number of nitrogens with two attached hydrogens (primary N) is 1. The number of benzene rings is 1. The number of rotatable bonds is 3. The molecule has 6 heteroatoms. The Balaban J connectivity index is 2.13. The van der Waals surface area contributed by atoms with Crippen LogP contribution in [0.1, 0.15) is 39.2 Å². The highest BCUT2D eigenvalue weighted by atomic mass is 19.4. The molecule has 0 bridgehead atoms. The number of piperidine rings is 1. The molecule has 24 heavy (non-hydrogen) atoms. The van der Waals surface area contributed by atoms with Crippen LogP contribution in [0.25, 0.3) is 0 Å². The van der Waals surface area contributed by atoms with Gasteiger partial charge in [0.2, 0.25) is 0 Å². The molecule has 0 amide bonds. The summed E-state index contributed by atoms with van der Waals surface area (Å²) in [5.74, 6) is 0.164. The summed E-state index contributed by atoms with van der Waals surface area (Å²) in [6.45, 7) is 7.08. The number of anilines is 1. The van der Waals surface area contributed by atoms with Crippen LogP contribution >= 0.6 is 0 Å². The van der Waals surface area contributed by atoms with E-state index in [1.165, 1.54) is 12.1 Å². The average molecular weight is 344 g/mol. The van der Waals surface area contributed by atoms with Crippen LogP contribution in [0.3, 0.4) is 0 Å². The van der Waals surface area contributed by atoms with Crippen molar-refractivity contribution in [1.29, 1.82) is 0 Å². The number of nitrogens with zero attached hydrogens (tertiary/aromatic N) is 1. The van der Waals surface area contributed by atoms with E-state index in [0.29, 0.717) is 25.2 Å². The molecule has 136 valence electrons. The van der Waals surface area contributed by atoms with Crippen molar-refractivity contribution in [2.24, 2.45) is 17.1 Å². The summed E-state index contributed by atoms with van der Waals surface area (Å²) in [5.41, 5.74) is 5.79. The van der Waals surface area contributed by atoms with E-state index in [1.807, 2.05) is 25.7 Å². The average Bonchev–Trinajstić information content (AvgIpc) is 2.45. The first-order valence-electron chi connectivity index (χ1n) is 8.32. The number of aliphatic hydroxyl groups excluding tert-OH is 1. The Hall–Kier alpha value is -1.27. The normalized spacial score (nSPS) is 24.1. The number of hydrogen-bond donors (Lipinski definition) is 2. The summed E-state index contributed by atoms with van der Waals surface area (Å²) in [7, 11) is 0. The Bertz CT molecular complexity index is 554. The van der Waals surface area contributed by atoms with E-state index in [1.54, 1.807) is 6.07 Å². The molecule has 3 nitrogen and oxygen atoms in total. The lowest BCUT2D eigenvalue weighted by atomic mass is 9.80. The van der Waals surface area contributed by atoms with Crippen LogP contribution in [0.5, 0.6) is 0 Å². The molecule has 3 atom stereocenters. The van der Waals surface area contributed by atoms with Crippen LogP contribution in [0.4, 0.5) is 18.9 Å². The van der Waals surface area contributed by atoms with E-state index < -0.39 is 17.8 Å². The minimum atomic E-state index is -4.35. The summed E-state index contributed by atoms with van der Waals surface area (Å²) in [5, 5.41) is 10.3. The molecule has 3 N–H and O–H groups in total. The maximum atomic E-state index is 12.9. The Kier molecular flexibility index (Phi) is 5.50. The van der Waals surface area contributed by atoms with E-state index in [9.17, 15) is 18.3 Å². The van der Waals surface area contributed by atoms with Crippen LogP contribution in [0.15, 0.2) is 24.3 Å². The molecule has 0 spiro atoms. The van der Waals surface area contributed by atoms with Gasteiger partial charge >= 0.3 is 6.18 Å². The molecule has 0 aromatic heterocycles. The maximum absolute atomic E-state index is 12.9. The number of hydrogen-bond acceptors (Lipinski definition) is 3. The third-order valence-corrected chi connectivity index (χ3v) is 4.66. The molecule has 2 rings (SSSR count). The lowest BCUT2D eigenvalue weighted by Crippen LogP contribution is -2.48. The maximum Gasteiger partial charge on any atom is 0.416 e. The minimum absolute atomic E-state index is 0.106. The van der Waals surface area contributed by atoms with E-state index >= 15 is 0 Å². The largest absolute Gasteiger partial charge is 0.416 e. The molecular formula is C18H27F3N2O. The fraction of sp³-hybridized carbons (Fsp3) is 0.667. The van der Waals surface area contributed by atoms with Crippen LogP contribution < -0.4 is 10.6 Å². The van der Waals surface area contributed by atoms with Crippen molar-refractivity contribution in [2.75, 3.05) is 18.0 Å². The van der Waals surface area contributed by atoms with Gasteiger partial charge in [0, 0.05) is 24.8 Å². The van der Waals surface area contributed by atoms with Gasteiger partial charge in [-0.25, -0.2) is 0 Å². The highest BCUT2D eigenvalue weighted by Gasteiger charge is 2.33. The van der Waals surface area contributed by atoms with Crippen molar-refractivity contribution in [3.63, 3.8) is 0 Å². The lowest BCUT2D eigenvalue weighted by Gasteiger charge is -2.40. The molecule has 1 aromatic rings. The van der Waals surface area contributed by atoms with Gasteiger partial charge in [0.25, 0.3) is 0 Å². The molecule has 1 fully saturated rings. The quantitative estimate of drug-likeness (QED) is 0.880. The summed E-state index contributed by atoms with van der Waals surface area (Å²) >= 11 is 0. The minimum Gasteiger partial charge on any atom is -0.393 e. The van der Waals surface area contributed by atoms with Crippen molar-refractivity contribution in [3.05, 3.63) is 29.8 Å². The highest BCUT2D eigenvalue weighted by Crippen LogP contribution is 2.34. The smallest absolute Gasteiger partial charge is 0.393 e. The number of halogens is 3. The summed E-state index contributed by atoms with van der Waals surface area (Å²) in [4.78, 5) is 1.91. The van der Waals surface area contributed by atoms with E-state index in [2.05, 4.69) is 0 Å². The second kappa shape index (κ2) is 6.92. The van der Waals surface area contributed by atoms with Gasteiger partial charge in [-0.05, 0) is 42.4 Å². The molecule has 3 unspecified atom stereocenters. The van der Waals surface area contributed by atoms with Crippen LogP contribution in [0, 0.1) is 11.3 Å². The van der Waals surface area contributed by atoms with Crippen molar-refractivity contribution in [2.45, 2.75) is 51.9 Å². The molecule has 0 aliphatic carbocycles. The number of aliphatic hydroxyl groups is 1. The predicted octanol–water partition coefficient (Wildman–Crippen LogP) is 3.66. The Morgan fingerprint density at radius 3 is 2.50 bits per heavy atom. The fourth-order valence-electron chi connectivity index (χ4n) is 3.18.